The number of hydrogen-bond donors (Lipinski definition) is 0. The second-order valence-electron chi connectivity index (χ2n) is 8.09. The van der Waals surface area contributed by atoms with Gasteiger partial charge in [-0.25, -0.2) is 0 Å². The quantitative estimate of drug-likeness (QED) is 0.779. The van der Waals surface area contributed by atoms with Crippen molar-refractivity contribution in [3.63, 3.8) is 0 Å². The fraction of sp³-hybridized carbons (Fsp3) is 0.524. The van der Waals surface area contributed by atoms with Crippen LogP contribution in [0.1, 0.15) is 45.6 Å². The van der Waals surface area contributed by atoms with Gasteiger partial charge in [0.05, 0.1) is 18.9 Å². The Kier molecular flexibility index (Phi) is 4.48. The number of carbonyl (C=O) groups excluding carboxylic acids is 2. The first-order chi connectivity index (χ1) is 11.8. The molecule has 0 aliphatic heterocycles. The standard InChI is InChI=1S/C21H26O4/c1-20(2,3)25-18(22)15-10-11-16(14-8-6-5-7-9-14)21(12-15)13-17(21)19(23)24-4/h5-9,11,15,17H,10,12-13H2,1-4H3/t15-,17+,21+/m0/s1. The Balaban J connectivity index is 1.89. The molecule has 0 heterocycles. The Morgan fingerprint density at radius 1 is 1.08 bits per heavy atom. The summed E-state index contributed by atoms with van der Waals surface area (Å²) < 4.78 is 10.6. The molecule has 2 aliphatic carbocycles. The summed E-state index contributed by atoms with van der Waals surface area (Å²) in [7, 11) is 1.43. The molecule has 4 heteroatoms. The van der Waals surface area contributed by atoms with Gasteiger partial charge in [-0.15, -0.1) is 0 Å². The van der Waals surface area contributed by atoms with Crippen molar-refractivity contribution in [1.29, 1.82) is 0 Å². The first-order valence-electron chi connectivity index (χ1n) is 8.83. The van der Waals surface area contributed by atoms with Gasteiger partial charge in [-0.2, -0.15) is 0 Å². The number of benzene rings is 1. The van der Waals surface area contributed by atoms with Crippen molar-refractivity contribution in [2.45, 2.75) is 45.6 Å². The zero-order valence-corrected chi connectivity index (χ0v) is 15.4. The molecule has 1 spiro atoms. The minimum atomic E-state index is -0.501. The number of esters is 2. The summed E-state index contributed by atoms with van der Waals surface area (Å²) in [4.78, 5) is 24.7. The van der Waals surface area contributed by atoms with Crippen molar-refractivity contribution in [2.75, 3.05) is 7.11 Å². The van der Waals surface area contributed by atoms with Crippen molar-refractivity contribution in [3.8, 4) is 0 Å². The average molecular weight is 342 g/mol. The monoisotopic (exact) mass is 342 g/mol. The highest BCUT2D eigenvalue weighted by molar-refractivity contribution is 5.87. The summed E-state index contributed by atoms with van der Waals surface area (Å²) >= 11 is 0. The molecule has 0 aromatic heterocycles. The van der Waals surface area contributed by atoms with E-state index < -0.39 is 5.60 Å². The minimum Gasteiger partial charge on any atom is -0.469 e. The second-order valence-corrected chi connectivity index (χ2v) is 8.09. The predicted molar refractivity (Wildman–Crippen MR) is 95.5 cm³/mol. The predicted octanol–water partition coefficient (Wildman–Crippen LogP) is 4.00. The number of rotatable bonds is 3. The lowest BCUT2D eigenvalue weighted by atomic mass is 9.74. The second kappa shape index (κ2) is 6.32. The van der Waals surface area contributed by atoms with Crippen LogP contribution in [0.3, 0.4) is 0 Å². The van der Waals surface area contributed by atoms with E-state index in [4.69, 9.17) is 9.47 Å². The van der Waals surface area contributed by atoms with Crippen LogP contribution in [0.15, 0.2) is 36.4 Å². The third-order valence-electron chi connectivity index (χ3n) is 5.14. The zero-order valence-electron chi connectivity index (χ0n) is 15.4. The fourth-order valence-corrected chi connectivity index (χ4v) is 3.96. The van der Waals surface area contributed by atoms with Gasteiger partial charge in [0, 0.05) is 5.41 Å². The SMILES string of the molecule is COC(=O)[C@H]1C[C@@]12C[C@@H](C(=O)OC(C)(C)C)CC=C2c1ccccc1. The summed E-state index contributed by atoms with van der Waals surface area (Å²) in [6, 6.07) is 10.1. The van der Waals surface area contributed by atoms with E-state index in [9.17, 15) is 9.59 Å². The highest BCUT2D eigenvalue weighted by Gasteiger charge is 2.63. The number of carbonyl (C=O) groups is 2. The van der Waals surface area contributed by atoms with Crippen LogP contribution >= 0.6 is 0 Å². The number of allylic oxidation sites excluding steroid dienone is 2. The highest BCUT2D eigenvalue weighted by atomic mass is 16.6. The van der Waals surface area contributed by atoms with Gasteiger partial charge < -0.3 is 9.47 Å². The Labute approximate surface area is 149 Å². The Hall–Kier alpha value is -2.10. The summed E-state index contributed by atoms with van der Waals surface area (Å²) in [6.07, 6.45) is 4.15. The van der Waals surface area contributed by atoms with E-state index in [-0.39, 0.29) is 29.2 Å². The molecule has 3 rings (SSSR count). The normalized spacial score (nSPS) is 28.2. The van der Waals surface area contributed by atoms with Gasteiger partial charge in [0.25, 0.3) is 0 Å². The Morgan fingerprint density at radius 2 is 1.76 bits per heavy atom. The molecule has 1 aromatic rings. The van der Waals surface area contributed by atoms with Crippen LogP contribution in [0.5, 0.6) is 0 Å². The minimum absolute atomic E-state index is 0.172. The van der Waals surface area contributed by atoms with Crippen molar-refractivity contribution >= 4 is 17.5 Å². The lowest BCUT2D eigenvalue weighted by Crippen LogP contribution is -2.32. The Morgan fingerprint density at radius 3 is 2.36 bits per heavy atom. The van der Waals surface area contributed by atoms with Crippen molar-refractivity contribution in [1.82, 2.24) is 0 Å². The molecular weight excluding hydrogens is 316 g/mol. The lowest BCUT2D eigenvalue weighted by molar-refractivity contribution is -0.161. The van der Waals surface area contributed by atoms with Crippen LogP contribution in [0.25, 0.3) is 5.57 Å². The number of hydrogen-bond acceptors (Lipinski definition) is 4. The molecule has 0 radical (unpaired) electrons. The molecule has 0 saturated heterocycles. The van der Waals surface area contributed by atoms with Gasteiger partial charge in [0.1, 0.15) is 5.60 Å². The molecule has 0 amide bonds. The van der Waals surface area contributed by atoms with Gasteiger partial charge >= 0.3 is 11.9 Å². The van der Waals surface area contributed by atoms with Gasteiger partial charge in [-0.1, -0.05) is 36.4 Å². The first-order valence-corrected chi connectivity index (χ1v) is 8.83. The lowest BCUT2D eigenvalue weighted by Gasteiger charge is -2.32. The molecule has 4 nitrogen and oxygen atoms in total. The smallest absolute Gasteiger partial charge is 0.309 e. The van der Waals surface area contributed by atoms with E-state index >= 15 is 0 Å². The largest absolute Gasteiger partial charge is 0.469 e. The molecule has 0 bridgehead atoms. The Bertz CT molecular complexity index is 698. The van der Waals surface area contributed by atoms with E-state index in [1.54, 1.807) is 0 Å². The molecule has 1 saturated carbocycles. The number of ether oxygens (including phenoxy) is 2. The topological polar surface area (TPSA) is 52.6 Å². The average Bonchev–Trinajstić information content (AvgIpc) is 3.27. The van der Waals surface area contributed by atoms with Gasteiger partial charge in [0.15, 0.2) is 0 Å². The summed E-state index contributed by atoms with van der Waals surface area (Å²) in [5.74, 6) is -0.743. The molecular formula is C21H26O4. The molecule has 1 aromatic carbocycles. The van der Waals surface area contributed by atoms with E-state index in [0.29, 0.717) is 12.8 Å². The molecule has 0 N–H and O–H groups in total. The van der Waals surface area contributed by atoms with Crippen molar-refractivity contribution in [2.24, 2.45) is 17.3 Å². The number of methoxy groups -OCH3 is 1. The molecule has 2 aliphatic rings. The van der Waals surface area contributed by atoms with Gasteiger partial charge in [0.2, 0.25) is 0 Å². The van der Waals surface area contributed by atoms with Gasteiger partial charge in [-0.3, -0.25) is 9.59 Å². The van der Waals surface area contributed by atoms with Crippen molar-refractivity contribution < 1.29 is 19.1 Å². The maximum absolute atomic E-state index is 12.6. The molecule has 3 atom stereocenters. The van der Waals surface area contributed by atoms with Crippen LogP contribution in [0, 0.1) is 17.3 Å². The van der Waals surface area contributed by atoms with Crippen LogP contribution in [0.4, 0.5) is 0 Å². The van der Waals surface area contributed by atoms with Crippen LogP contribution in [-0.2, 0) is 19.1 Å². The summed E-state index contributed by atoms with van der Waals surface area (Å²) in [5, 5.41) is 0. The molecule has 1 fully saturated rings. The maximum Gasteiger partial charge on any atom is 0.309 e. The van der Waals surface area contributed by atoms with Crippen LogP contribution in [-0.4, -0.2) is 24.6 Å². The van der Waals surface area contributed by atoms with E-state index in [2.05, 4.69) is 18.2 Å². The third kappa shape index (κ3) is 3.48. The third-order valence-corrected chi connectivity index (χ3v) is 5.14. The summed E-state index contributed by atoms with van der Waals surface area (Å²) in [6.45, 7) is 5.63. The first kappa shape index (κ1) is 17.7. The van der Waals surface area contributed by atoms with E-state index in [1.165, 1.54) is 12.7 Å². The molecule has 25 heavy (non-hydrogen) atoms. The van der Waals surface area contributed by atoms with Crippen molar-refractivity contribution in [3.05, 3.63) is 42.0 Å². The van der Waals surface area contributed by atoms with Crippen LogP contribution in [0.2, 0.25) is 0 Å². The summed E-state index contributed by atoms with van der Waals surface area (Å²) in [5.41, 5.74) is 1.49. The van der Waals surface area contributed by atoms with Gasteiger partial charge in [-0.05, 0) is 51.2 Å². The van der Waals surface area contributed by atoms with E-state index in [1.807, 2.05) is 39.0 Å². The van der Waals surface area contributed by atoms with E-state index in [0.717, 1.165) is 12.0 Å². The molecule has 0 unspecified atom stereocenters. The van der Waals surface area contributed by atoms with Crippen LogP contribution < -0.4 is 0 Å². The maximum atomic E-state index is 12.6. The highest BCUT2D eigenvalue weighted by Crippen LogP contribution is 2.66. The molecule has 134 valence electrons. The fourth-order valence-electron chi connectivity index (χ4n) is 3.96. The zero-order chi connectivity index (χ0) is 18.2.